The zero-order chi connectivity index (χ0) is 12.1. The predicted molar refractivity (Wildman–Crippen MR) is 68.0 cm³/mol. The van der Waals surface area contributed by atoms with E-state index in [2.05, 4.69) is 14.9 Å². The van der Waals surface area contributed by atoms with Gasteiger partial charge in [-0.05, 0) is 44.1 Å². The van der Waals surface area contributed by atoms with E-state index in [0.29, 0.717) is 6.61 Å². The van der Waals surface area contributed by atoms with Crippen LogP contribution < -0.4 is 4.90 Å². The first kappa shape index (κ1) is 12.3. The van der Waals surface area contributed by atoms with Gasteiger partial charge in [0.1, 0.15) is 0 Å². The van der Waals surface area contributed by atoms with E-state index < -0.39 is 0 Å². The number of rotatable bonds is 4. The van der Waals surface area contributed by atoms with E-state index in [0.717, 1.165) is 43.4 Å². The molecule has 0 saturated carbocycles. The van der Waals surface area contributed by atoms with Gasteiger partial charge in [-0.1, -0.05) is 0 Å². The number of nitrogens with zero attached hydrogens (tertiary/aromatic N) is 3. The summed E-state index contributed by atoms with van der Waals surface area (Å²) < 4.78 is 0. The number of piperidine rings is 1. The number of anilines is 1. The predicted octanol–water partition coefficient (Wildman–Crippen LogP) is 1.77. The Bertz CT molecular complexity index is 331. The highest BCUT2D eigenvalue weighted by molar-refractivity contribution is 5.30. The number of aromatic nitrogens is 2. The Morgan fingerprint density at radius 3 is 2.53 bits per heavy atom. The molecule has 1 aliphatic rings. The summed E-state index contributed by atoms with van der Waals surface area (Å²) in [6.45, 7) is 4.41. The summed E-state index contributed by atoms with van der Waals surface area (Å²) in [5.74, 6) is 1.63. The van der Waals surface area contributed by atoms with E-state index in [-0.39, 0.29) is 0 Å². The fraction of sp³-hybridized carbons (Fsp3) is 0.692. The molecule has 1 saturated heterocycles. The summed E-state index contributed by atoms with van der Waals surface area (Å²) in [5.41, 5.74) is 1.10. The molecular weight excluding hydrogens is 214 g/mol. The quantitative estimate of drug-likeness (QED) is 0.864. The van der Waals surface area contributed by atoms with Crippen LogP contribution in [-0.4, -0.2) is 34.8 Å². The highest BCUT2D eigenvalue weighted by atomic mass is 16.2. The van der Waals surface area contributed by atoms with Crippen LogP contribution in [0.1, 0.15) is 31.2 Å². The van der Waals surface area contributed by atoms with Crippen molar-refractivity contribution in [2.75, 3.05) is 24.6 Å². The van der Waals surface area contributed by atoms with Gasteiger partial charge in [-0.2, -0.15) is 0 Å². The first-order valence-electron chi connectivity index (χ1n) is 6.44. The van der Waals surface area contributed by atoms with Crippen LogP contribution in [0.15, 0.2) is 12.4 Å². The van der Waals surface area contributed by atoms with Crippen LogP contribution in [0.25, 0.3) is 0 Å². The van der Waals surface area contributed by atoms with Crippen molar-refractivity contribution >= 4 is 5.95 Å². The van der Waals surface area contributed by atoms with Crippen LogP contribution >= 0.6 is 0 Å². The molecule has 94 valence electrons. The molecule has 0 aromatic carbocycles. The Hall–Kier alpha value is -1.16. The summed E-state index contributed by atoms with van der Waals surface area (Å²) in [6.07, 6.45) is 8.22. The lowest BCUT2D eigenvalue weighted by Gasteiger charge is -2.31. The molecule has 0 bridgehead atoms. The van der Waals surface area contributed by atoms with Gasteiger partial charge in [0.15, 0.2) is 0 Å². The molecule has 1 fully saturated rings. The number of hydrogen-bond donors (Lipinski definition) is 1. The summed E-state index contributed by atoms with van der Waals surface area (Å²) in [7, 11) is 0. The van der Waals surface area contributed by atoms with Crippen molar-refractivity contribution in [3.05, 3.63) is 18.0 Å². The molecule has 1 aliphatic heterocycles. The smallest absolute Gasteiger partial charge is 0.225 e. The lowest BCUT2D eigenvalue weighted by Crippen LogP contribution is -2.34. The molecule has 2 heterocycles. The molecule has 0 aliphatic carbocycles. The number of aliphatic hydroxyl groups excluding tert-OH is 1. The maximum absolute atomic E-state index is 8.82. The average molecular weight is 235 g/mol. The molecule has 4 heteroatoms. The fourth-order valence-corrected chi connectivity index (χ4v) is 2.35. The molecular formula is C13H21N3O. The lowest BCUT2D eigenvalue weighted by molar-refractivity contribution is 0.261. The van der Waals surface area contributed by atoms with Gasteiger partial charge < -0.3 is 10.0 Å². The number of aryl methyl sites for hydroxylation is 1. The van der Waals surface area contributed by atoms with E-state index in [1.165, 1.54) is 12.8 Å². The minimum absolute atomic E-state index is 0.321. The Morgan fingerprint density at radius 2 is 1.94 bits per heavy atom. The molecule has 0 amide bonds. The van der Waals surface area contributed by atoms with Crippen molar-refractivity contribution in [3.8, 4) is 0 Å². The molecule has 0 atom stereocenters. The Labute approximate surface area is 103 Å². The number of aliphatic hydroxyl groups is 1. The monoisotopic (exact) mass is 235 g/mol. The van der Waals surface area contributed by atoms with Gasteiger partial charge in [0.25, 0.3) is 0 Å². The van der Waals surface area contributed by atoms with E-state index in [4.69, 9.17) is 5.11 Å². The van der Waals surface area contributed by atoms with Crippen LogP contribution in [0.2, 0.25) is 0 Å². The highest BCUT2D eigenvalue weighted by Crippen LogP contribution is 2.23. The molecule has 2 rings (SSSR count). The van der Waals surface area contributed by atoms with Crippen LogP contribution in [0.3, 0.4) is 0 Å². The summed E-state index contributed by atoms with van der Waals surface area (Å²) in [4.78, 5) is 11.0. The summed E-state index contributed by atoms with van der Waals surface area (Å²) in [6, 6.07) is 0. The molecule has 1 N–H and O–H groups in total. The van der Waals surface area contributed by atoms with Crippen LogP contribution in [-0.2, 0) is 0 Å². The van der Waals surface area contributed by atoms with Gasteiger partial charge in [0, 0.05) is 32.1 Å². The van der Waals surface area contributed by atoms with Crippen molar-refractivity contribution in [2.24, 2.45) is 5.92 Å². The lowest BCUT2D eigenvalue weighted by atomic mass is 9.92. The van der Waals surface area contributed by atoms with Gasteiger partial charge in [0.2, 0.25) is 5.95 Å². The Balaban J connectivity index is 1.84. The maximum atomic E-state index is 8.82. The van der Waals surface area contributed by atoms with Crippen LogP contribution in [0, 0.1) is 12.8 Å². The second-order valence-electron chi connectivity index (χ2n) is 4.86. The standard InChI is InChI=1S/C13H21N3O/c1-11-9-14-13(15-10-11)16-6-4-12(5-7-16)3-2-8-17/h9-10,12,17H,2-8H2,1H3. The third-order valence-electron chi connectivity index (χ3n) is 3.44. The second kappa shape index (κ2) is 5.96. The Kier molecular flexibility index (Phi) is 4.31. The molecule has 1 aromatic heterocycles. The molecule has 0 radical (unpaired) electrons. The molecule has 17 heavy (non-hydrogen) atoms. The third-order valence-corrected chi connectivity index (χ3v) is 3.44. The summed E-state index contributed by atoms with van der Waals surface area (Å²) in [5, 5.41) is 8.82. The minimum atomic E-state index is 0.321. The third kappa shape index (κ3) is 3.40. The normalized spacial score (nSPS) is 17.4. The van der Waals surface area contributed by atoms with E-state index in [1.54, 1.807) is 0 Å². The maximum Gasteiger partial charge on any atom is 0.225 e. The van der Waals surface area contributed by atoms with Crippen molar-refractivity contribution in [1.29, 1.82) is 0 Å². The van der Waals surface area contributed by atoms with E-state index in [9.17, 15) is 0 Å². The molecule has 1 aromatic rings. The van der Waals surface area contributed by atoms with Gasteiger partial charge in [-0.15, -0.1) is 0 Å². The first-order valence-corrected chi connectivity index (χ1v) is 6.44. The van der Waals surface area contributed by atoms with Crippen molar-refractivity contribution < 1.29 is 5.11 Å². The average Bonchev–Trinajstić information content (AvgIpc) is 2.38. The molecule has 4 nitrogen and oxygen atoms in total. The first-order chi connectivity index (χ1) is 8.29. The van der Waals surface area contributed by atoms with Crippen LogP contribution in [0.4, 0.5) is 5.95 Å². The highest BCUT2D eigenvalue weighted by Gasteiger charge is 2.20. The molecule has 0 spiro atoms. The Morgan fingerprint density at radius 1 is 1.29 bits per heavy atom. The molecule has 0 unspecified atom stereocenters. The SMILES string of the molecule is Cc1cnc(N2CCC(CCCO)CC2)nc1. The van der Waals surface area contributed by atoms with Gasteiger partial charge in [0.05, 0.1) is 0 Å². The van der Waals surface area contributed by atoms with Crippen molar-refractivity contribution in [1.82, 2.24) is 9.97 Å². The minimum Gasteiger partial charge on any atom is -0.396 e. The van der Waals surface area contributed by atoms with Crippen LogP contribution in [0.5, 0.6) is 0 Å². The van der Waals surface area contributed by atoms with E-state index >= 15 is 0 Å². The van der Waals surface area contributed by atoms with Gasteiger partial charge >= 0.3 is 0 Å². The zero-order valence-electron chi connectivity index (χ0n) is 10.5. The second-order valence-corrected chi connectivity index (χ2v) is 4.86. The van der Waals surface area contributed by atoms with Crippen molar-refractivity contribution in [3.63, 3.8) is 0 Å². The van der Waals surface area contributed by atoms with Crippen molar-refractivity contribution in [2.45, 2.75) is 32.6 Å². The zero-order valence-corrected chi connectivity index (χ0v) is 10.5. The fourth-order valence-electron chi connectivity index (χ4n) is 2.35. The summed E-state index contributed by atoms with van der Waals surface area (Å²) >= 11 is 0. The van der Waals surface area contributed by atoms with Gasteiger partial charge in [-0.3, -0.25) is 0 Å². The van der Waals surface area contributed by atoms with Gasteiger partial charge in [-0.25, -0.2) is 9.97 Å². The topological polar surface area (TPSA) is 49.2 Å². The van der Waals surface area contributed by atoms with E-state index in [1.807, 2.05) is 19.3 Å². The number of hydrogen-bond acceptors (Lipinski definition) is 4. The largest absolute Gasteiger partial charge is 0.396 e.